The van der Waals surface area contributed by atoms with Crippen molar-refractivity contribution in [1.82, 2.24) is 9.29 Å². The van der Waals surface area contributed by atoms with E-state index in [0.717, 1.165) is 19.3 Å². The zero-order valence-electron chi connectivity index (χ0n) is 11.0. The summed E-state index contributed by atoms with van der Waals surface area (Å²) < 4.78 is 26.4. The fourth-order valence-electron chi connectivity index (χ4n) is 2.43. The van der Waals surface area contributed by atoms with Gasteiger partial charge in [0.15, 0.2) is 0 Å². The largest absolute Gasteiger partial charge is 0.308 e. The average molecular weight is 284 g/mol. The van der Waals surface area contributed by atoms with Crippen LogP contribution < -0.4 is 11.3 Å². The highest BCUT2D eigenvalue weighted by molar-refractivity contribution is 7.89. The number of pyridine rings is 1. The number of hydrogen-bond acceptors (Lipinski definition) is 5. The molecule has 2 rings (SSSR count). The molecule has 1 unspecified atom stereocenters. The van der Waals surface area contributed by atoms with E-state index in [4.69, 9.17) is 5.84 Å². The number of sulfonamides is 1. The normalized spacial score (nSPS) is 20.6. The van der Waals surface area contributed by atoms with Gasteiger partial charge < -0.3 is 5.43 Å². The molecule has 0 saturated carbocycles. The number of aromatic nitrogens is 1. The maximum atomic E-state index is 12.4. The van der Waals surface area contributed by atoms with Gasteiger partial charge in [0.05, 0.1) is 0 Å². The molecular formula is C12H20N4O2S. The maximum Gasteiger partial charge on any atom is 0.244 e. The SMILES string of the molecule is CCCC1CCN(S(=O)(=O)c2ccc(NN)nc2)C1. The third-order valence-corrected chi connectivity index (χ3v) is 5.32. The summed E-state index contributed by atoms with van der Waals surface area (Å²) in [6, 6.07) is 3.09. The van der Waals surface area contributed by atoms with Crippen LogP contribution in [0.25, 0.3) is 0 Å². The Hall–Kier alpha value is -1.18. The van der Waals surface area contributed by atoms with Crippen molar-refractivity contribution in [2.45, 2.75) is 31.1 Å². The first kappa shape index (κ1) is 14.2. The molecule has 0 amide bonds. The summed E-state index contributed by atoms with van der Waals surface area (Å²) in [5, 5.41) is 0. The number of anilines is 1. The van der Waals surface area contributed by atoms with E-state index in [9.17, 15) is 8.42 Å². The van der Waals surface area contributed by atoms with Crippen LogP contribution in [0.15, 0.2) is 23.2 Å². The van der Waals surface area contributed by atoms with Crippen molar-refractivity contribution >= 4 is 15.8 Å². The van der Waals surface area contributed by atoms with Gasteiger partial charge in [-0.15, -0.1) is 0 Å². The molecule has 7 heteroatoms. The lowest BCUT2D eigenvalue weighted by Gasteiger charge is -2.16. The molecule has 19 heavy (non-hydrogen) atoms. The van der Waals surface area contributed by atoms with E-state index < -0.39 is 10.0 Å². The van der Waals surface area contributed by atoms with E-state index in [2.05, 4.69) is 17.3 Å². The molecular weight excluding hydrogens is 264 g/mol. The third kappa shape index (κ3) is 3.05. The van der Waals surface area contributed by atoms with Crippen LogP contribution in [0.1, 0.15) is 26.2 Å². The monoisotopic (exact) mass is 284 g/mol. The number of nitrogens with one attached hydrogen (secondary N) is 1. The van der Waals surface area contributed by atoms with Crippen LogP contribution in [0.4, 0.5) is 5.82 Å². The quantitative estimate of drug-likeness (QED) is 0.626. The topological polar surface area (TPSA) is 88.3 Å². The Balaban J connectivity index is 2.13. The van der Waals surface area contributed by atoms with Gasteiger partial charge in [-0.3, -0.25) is 0 Å². The smallest absolute Gasteiger partial charge is 0.244 e. The summed E-state index contributed by atoms with van der Waals surface area (Å²) in [5.74, 6) is 6.14. The summed E-state index contributed by atoms with van der Waals surface area (Å²) in [7, 11) is -3.41. The van der Waals surface area contributed by atoms with E-state index in [-0.39, 0.29) is 4.90 Å². The lowest BCUT2D eigenvalue weighted by Crippen LogP contribution is -2.29. The zero-order valence-corrected chi connectivity index (χ0v) is 11.9. The Morgan fingerprint density at radius 3 is 2.89 bits per heavy atom. The van der Waals surface area contributed by atoms with E-state index in [1.165, 1.54) is 12.3 Å². The van der Waals surface area contributed by atoms with Gasteiger partial charge in [0, 0.05) is 19.3 Å². The van der Waals surface area contributed by atoms with E-state index >= 15 is 0 Å². The number of nitrogen functional groups attached to an aromatic ring is 1. The van der Waals surface area contributed by atoms with Crippen molar-refractivity contribution in [2.75, 3.05) is 18.5 Å². The van der Waals surface area contributed by atoms with Crippen LogP contribution >= 0.6 is 0 Å². The first-order valence-corrected chi connectivity index (χ1v) is 7.94. The molecule has 0 aromatic carbocycles. The fourth-order valence-corrected chi connectivity index (χ4v) is 3.90. The molecule has 106 valence electrons. The summed E-state index contributed by atoms with van der Waals surface area (Å²) >= 11 is 0. The second-order valence-electron chi connectivity index (χ2n) is 4.83. The molecule has 1 aliphatic heterocycles. The van der Waals surface area contributed by atoms with Crippen molar-refractivity contribution in [3.8, 4) is 0 Å². The Morgan fingerprint density at radius 1 is 1.53 bits per heavy atom. The minimum atomic E-state index is -3.41. The number of nitrogens with two attached hydrogens (primary N) is 1. The van der Waals surface area contributed by atoms with Gasteiger partial charge in [0.2, 0.25) is 10.0 Å². The molecule has 0 aliphatic carbocycles. The van der Waals surface area contributed by atoms with Crippen LogP contribution in [0.2, 0.25) is 0 Å². The minimum Gasteiger partial charge on any atom is -0.308 e. The Kier molecular flexibility index (Phi) is 4.38. The lowest BCUT2D eigenvalue weighted by molar-refractivity contribution is 0.444. The van der Waals surface area contributed by atoms with E-state index in [1.54, 1.807) is 10.4 Å². The molecule has 2 heterocycles. The van der Waals surface area contributed by atoms with Gasteiger partial charge in [-0.1, -0.05) is 13.3 Å². The Labute approximate surface area is 114 Å². The van der Waals surface area contributed by atoms with Gasteiger partial charge in [0.25, 0.3) is 0 Å². The van der Waals surface area contributed by atoms with Gasteiger partial charge >= 0.3 is 0 Å². The van der Waals surface area contributed by atoms with Gasteiger partial charge in [0.1, 0.15) is 10.7 Å². The summed E-state index contributed by atoms with van der Waals surface area (Å²) in [4.78, 5) is 4.17. The van der Waals surface area contributed by atoms with Crippen molar-refractivity contribution in [1.29, 1.82) is 0 Å². The Bertz CT molecular complexity index is 515. The number of nitrogens with zero attached hydrogens (tertiary/aromatic N) is 2. The summed E-state index contributed by atoms with van der Waals surface area (Å²) in [6.07, 6.45) is 4.47. The number of rotatable bonds is 5. The third-order valence-electron chi connectivity index (χ3n) is 3.47. The molecule has 1 aromatic heterocycles. The molecule has 1 aromatic rings. The highest BCUT2D eigenvalue weighted by Gasteiger charge is 2.32. The molecule has 6 nitrogen and oxygen atoms in total. The summed E-state index contributed by atoms with van der Waals surface area (Å²) in [5.41, 5.74) is 2.38. The van der Waals surface area contributed by atoms with Crippen LogP contribution in [-0.4, -0.2) is 30.8 Å². The van der Waals surface area contributed by atoms with Crippen molar-refractivity contribution in [2.24, 2.45) is 11.8 Å². The molecule has 1 saturated heterocycles. The standard InChI is InChI=1S/C12H20N4O2S/c1-2-3-10-6-7-16(9-10)19(17,18)11-4-5-12(15-13)14-8-11/h4-5,8,10H,2-3,6-7,9,13H2,1H3,(H,14,15). The zero-order chi connectivity index (χ0) is 13.9. The van der Waals surface area contributed by atoms with E-state index in [1.807, 2.05) is 0 Å². The van der Waals surface area contributed by atoms with Crippen LogP contribution in [0, 0.1) is 5.92 Å². The number of hydrazine groups is 1. The van der Waals surface area contributed by atoms with Gasteiger partial charge in [-0.05, 0) is 30.9 Å². The second kappa shape index (κ2) is 5.85. The first-order valence-electron chi connectivity index (χ1n) is 6.50. The molecule has 0 spiro atoms. The maximum absolute atomic E-state index is 12.4. The average Bonchev–Trinajstić information content (AvgIpc) is 2.89. The molecule has 1 atom stereocenters. The first-order chi connectivity index (χ1) is 9.07. The lowest BCUT2D eigenvalue weighted by atomic mass is 10.0. The minimum absolute atomic E-state index is 0.226. The van der Waals surface area contributed by atoms with Gasteiger partial charge in [-0.2, -0.15) is 4.31 Å². The van der Waals surface area contributed by atoms with Crippen molar-refractivity contribution in [3.63, 3.8) is 0 Å². The molecule has 0 bridgehead atoms. The van der Waals surface area contributed by atoms with Crippen molar-refractivity contribution < 1.29 is 8.42 Å². The molecule has 3 N–H and O–H groups in total. The number of hydrogen-bond donors (Lipinski definition) is 2. The van der Waals surface area contributed by atoms with Crippen LogP contribution in [0.3, 0.4) is 0 Å². The van der Waals surface area contributed by atoms with Gasteiger partial charge in [-0.25, -0.2) is 19.2 Å². The second-order valence-corrected chi connectivity index (χ2v) is 6.77. The highest BCUT2D eigenvalue weighted by Crippen LogP contribution is 2.26. The predicted molar refractivity (Wildman–Crippen MR) is 73.8 cm³/mol. The predicted octanol–water partition coefficient (Wildman–Crippen LogP) is 1.18. The molecule has 0 radical (unpaired) electrons. The van der Waals surface area contributed by atoms with E-state index in [0.29, 0.717) is 24.8 Å². The highest BCUT2D eigenvalue weighted by atomic mass is 32.2. The van der Waals surface area contributed by atoms with Crippen LogP contribution in [0.5, 0.6) is 0 Å². The Morgan fingerprint density at radius 2 is 2.32 bits per heavy atom. The van der Waals surface area contributed by atoms with Crippen molar-refractivity contribution in [3.05, 3.63) is 18.3 Å². The van der Waals surface area contributed by atoms with Crippen LogP contribution in [-0.2, 0) is 10.0 Å². The summed E-state index contributed by atoms with van der Waals surface area (Å²) in [6.45, 7) is 3.34. The fraction of sp³-hybridized carbons (Fsp3) is 0.583. The molecule has 1 fully saturated rings. The molecule has 1 aliphatic rings.